The first-order chi connectivity index (χ1) is 9.19. The Kier molecular flexibility index (Phi) is 4.71. The van der Waals surface area contributed by atoms with Gasteiger partial charge in [0, 0.05) is 13.6 Å². The molecule has 0 bridgehead atoms. The van der Waals surface area contributed by atoms with E-state index in [0.29, 0.717) is 5.69 Å². The monoisotopic (exact) mass is 262 g/mol. The van der Waals surface area contributed by atoms with Crippen molar-refractivity contribution < 1.29 is 4.79 Å². The van der Waals surface area contributed by atoms with E-state index >= 15 is 0 Å². The average molecular weight is 262 g/mol. The molecule has 1 aromatic heterocycles. The van der Waals surface area contributed by atoms with Crippen LogP contribution in [-0.4, -0.2) is 29.7 Å². The van der Waals surface area contributed by atoms with Crippen molar-refractivity contribution in [3.05, 3.63) is 17.8 Å². The van der Waals surface area contributed by atoms with Gasteiger partial charge in [-0.05, 0) is 36.8 Å². The summed E-state index contributed by atoms with van der Waals surface area (Å²) in [5.74, 6) is 2.09. The van der Waals surface area contributed by atoms with Crippen LogP contribution in [0.15, 0.2) is 12.1 Å². The smallest absolute Gasteiger partial charge is 0.271 e. The maximum atomic E-state index is 11.3. The van der Waals surface area contributed by atoms with Gasteiger partial charge in [0.15, 0.2) is 5.69 Å². The first-order valence-corrected chi connectivity index (χ1v) is 6.98. The summed E-state index contributed by atoms with van der Waals surface area (Å²) in [6.45, 7) is 3.27. The predicted molar refractivity (Wildman–Crippen MR) is 75.0 cm³/mol. The molecule has 5 heteroatoms. The number of anilines is 1. The summed E-state index contributed by atoms with van der Waals surface area (Å²) >= 11 is 0. The van der Waals surface area contributed by atoms with Gasteiger partial charge in [-0.25, -0.2) is 0 Å². The number of carbonyl (C=O) groups is 1. The van der Waals surface area contributed by atoms with Crippen molar-refractivity contribution in [3.63, 3.8) is 0 Å². The molecule has 2 N–H and O–H groups in total. The maximum Gasteiger partial charge on any atom is 0.271 e. The van der Waals surface area contributed by atoms with Crippen LogP contribution in [0.2, 0.25) is 0 Å². The van der Waals surface area contributed by atoms with Gasteiger partial charge in [0.25, 0.3) is 5.91 Å². The Bertz CT molecular complexity index is 418. The normalized spacial score (nSPS) is 22.8. The first-order valence-electron chi connectivity index (χ1n) is 6.98. The largest absolute Gasteiger partial charge is 0.368 e. The SMILES string of the molecule is CNC(=O)c1ccc(NCC2CCCC(C)C2)nn1. The molecule has 0 aromatic carbocycles. The Morgan fingerprint density at radius 3 is 2.84 bits per heavy atom. The summed E-state index contributed by atoms with van der Waals surface area (Å²) in [5.41, 5.74) is 0.347. The van der Waals surface area contributed by atoms with Gasteiger partial charge in [-0.15, -0.1) is 10.2 Å². The molecule has 0 radical (unpaired) electrons. The molecule has 1 aliphatic carbocycles. The molecule has 1 fully saturated rings. The third-order valence-corrected chi connectivity index (χ3v) is 3.74. The number of carbonyl (C=O) groups excluding carboxylic acids is 1. The van der Waals surface area contributed by atoms with Crippen molar-refractivity contribution in [2.75, 3.05) is 18.9 Å². The number of rotatable bonds is 4. The Morgan fingerprint density at radius 2 is 2.21 bits per heavy atom. The molecule has 1 aromatic rings. The van der Waals surface area contributed by atoms with Crippen LogP contribution in [0.3, 0.4) is 0 Å². The van der Waals surface area contributed by atoms with Gasteiger partial charge in [-0.3, -0.25) is 4.79 Å². The lowest BCUT2D eigenvalue weighted by molar-refractivity contribution is 0.0957. The molecule has 2 unspecified atom stereocenters. The van der Waals surface area contributed by atoms with Crippen LogP contribution in [0.4, 0.5) is 5.82 Å². The summed E-state index contributed by atoms with van der Waals surface area (Å²) < 4.78 is 0. The van der Waals surface area contributed by atoms with E-state index in [0.717, 1.165) is 24.2 Å². The molecule has 19 heavy (non-hydrogen) atoms. The van der Waals surface area contributed by atoms with Gasteiger partial charge in [-0.2, -0.15) is 0 Å². The van der Waals surface area contributed by atoms with Gasteiger partial charge < -0.3 is 10.6 Å². The highest BCUT2D eigenvalue weighted by Gasteiger charge is 2.18. The molecular weight excluding hydrogens is 240 g/mol. The lowest BCUT2D eigenvalue weighted by atomic mass is 9.82. The third kappa shape index (κ3) is 3.91. The van der Waals surface area contributed by atoms with E-state index in [4.69, 9.17) is 0 Å². The van der Waals surface area contributed by atoms with Crippen molar-refractivity contribution in [1.29, 1.82) is 0 Å². The summed E-state index contributed by atoms with van der Waals surface area (Å²) in [5, 5.41) is 13.8. The Morgan fingerprint density at radius 1 is 1.37 bits per heavy atom. The van der Waals surface area contributed by atoms with Gasteiger partial charge in [0.1, 0.15) is 5.82 Å². The number of hydrogen-bond donors (Lipinski definition) is 2. The molecule has 1 aliphatic rings. The van der Waals surface area contributed by atoms with E-state index in [1.165, 1.54) is 25.7 Å². The van der Waals surface area contributed by atoms with E-state index in [2.05, 4.69) is 27.8 Å². The fraction of sp³-hybridized carbons (Fsp3) is 0.643. The molecule has 1 amide bonds. The fourth-order valence-electron chi connectivity index (χ4n) is 2.67. The Labute approximate surface area is 114 Å². The first kappa shape index (κ1) is 13.8. The van der Waals surface area contributed by atoms with Gasteiger partial charge >= 0.3 is 0 Å². The molecule has 104 valence electrons. The zero-order valence-electron chi connectivity index (χ0n) is 11.6. The van der Waals surface area contributed by atoms with Crippen LogP contribution in [0.25, 0.3) is 0 Å². The maximum absolute atomic E-state index is 11.3. The van der Waals surface area contributed by atoms with Crippen LogP contribution in [-0.2, 0) is 0 Å². The summed E-state index contributed by atoms with van der Waals surface area (Å²) in [6.07, 6.45) is 5.27. The van der Waals surface area contributed by atoms with E-state index < -0.39 is 0 Å². The van der Waals surface area contributed by atoms with E-state index in [1.807, 2.05) is 6.07 Å². The quantitative estimate of drug-likeness (QED) is 0.871. The predicted octanol–water partition coefficient (Wildman–Crippen LogP) is 2.07. The second kappa shape index (κ2) is 6.50. The van der Waals surface area contributed by atoms with Crippen LogP contribution in [0.5, 0.6) is 0 Å². The van der Waals surface area contributed by atoms with Crippen molar-refractivity contribution in [2.24, 2.45) is 11.8 Å². The minimum Gasteiger partial charge on any atom is -0.368 e. The van der Waals surface area contributed by atoms with E-state index in [-0.39, 0.29) is 5.91 Å². The number of amides is 1. The number of aromatic nitrogens is 2. The van der Waals surface area contributed by atoms with Crippen LogP contribution >= 0.6 is 0 Å². The van der Waals surface area contributed by atoms with Crippen LogP contribution in [0.1, 0.15) is 43.1 Å². The second-order valence-electron chi connectivity index (χ2n) is 5.40. The van der Waals surface area contributed by atoms with E-state index in [9.17, 15) is 4.79 Å². The van der Waals surface area contributed by atoms with Crippen molar-refractivity contribution >= 4 is 11.7 Å². The Hall–Kier alpha value is -1.65. The molecule has 0 spiro atoms. The van der Waals surface area contributed by atoms with Crippen molar-refractivity contribution in [3.8, 4) is 0 Å². The second-order valence-corrected chi connectivity index (χ2v) is 5.40. The number of nitrogens with zero attached hydrogens (tertiary/aromatic N) is 2. The molecule has 0 saturated heterocycles. The fourth-order valence-corrected chi connectivity index (χ4v) is 2.67. The highest BCUT2D eigenvalue weighted by Crippen LogP contribution is 2.28. The highest BCUT2D eigenvalue weighted by atomic mass is 16.1. The Balaban J connectivity index is 1.84. The minimum atomic E-state index is -0.208. The van der Waals surface area contributed by atoms with E-state index in [1.54, 1.807) is 13.1 Å². The molecule has 0 aliphatic heterocycles. The lowest BCUT2D eigenvalue weighted by Gasteiger charge is -2.26. The van der Waals surface area contributed by atoms with Crippen LogP contribution < -0.4 is 10.6 Å². The standard InChI is InChI=1S/C14H22N4O/c1-10-4-3-5-11(8-10)9-16-13-7-6-12(17-18-13)14(19)15-2/h6-7,10-11H,3-5,8-9H2,1-2H3,(H,15,19)(H,16,18). The molecule has 1 heterocycles. The summed E-state index contributed by atoms with van der Waals surface area (Å²) in [7, 11) is 1.58. The third-order valence-electron chi connectivity index (χ3n) is 3.74. The molecule has 1 saturated carbocycles. The number of hydrogen-bond acceptors (Lipinski definition) is 4. The van der Waals surface area contributed by atoms with Crippen molar-refractivity contribution in [2.45, 2.75) is 32.6 Å². The zero-order chi connectivity index (χ0) is 13.7. The molecule has 2 atom stereocenters. The van der Waals surface area contributed by atoms with Crippen LogP contribution in [0, 0.1) is 11.8 Å². The van der Waals surface area contributed by atoms with Gasteiger partial charge in [0.05, 0.1) is 0 Å². The van der Waals surface area contributed by atoms with Gasteiger partial charge in [0.2, 0.25) is 0 Å². The summed E-state index contributed by atoms with van der Waals surface area (Å²) in [4.78, 5) is 11.3. The molecular formula is C14H22N4O. The minimum absolute atomic E-state index is 0.208. The van der Waals surface area contributed by atoms with Gasteiger partial charge in [-0.1, -0.05) is 19.8 Å². The highest BCUT2D eigenvalue weighted by molar-refractivity contribution is 5.91. The lowest BCUT2D eigenvalue weighted by Crippen LogP contribution is -2.22. The number of nitrogens with one attached hydrogen (secondary N) is 2. The molecule has 5 nitrogen and oxygen atoms in total. The molecule has 2 rings (SSSR count). The average Bonchev–Trinajstić information content (AvgIpc) is 2.45. The zero-order valence-corrected chi connectivity index (χ0v) is 11.6. The van der Waals surface area contributed by atoms with Crippen molar-refractivity contribution in [1.82, 2.24) is 15.5 Å². The summed E-state index contributed by atoms with van der Waals surface area (Å²) in [6, 6.07) is 3.50. The topological polar surface area (TPSA) is 66.9 Å².